The highest BCUT2D eigenvalue weighted by Crippen LogP contribution is 2.24. The van der Waals surface area contributed by atoms with Crippen molar-refractivity contribution >= 4 is 26.9 Å². The molecule has 1 aliphatic heterocycles. The van der Waals surface area contributed by atoms with Gasteiger partial charge in [0.05, 0.1) is 18.1 Å². The quantitative estimate of drug-likeness (QED) is 0.735. The van der Waals surface area contributed by atoms with Crippen molar-refractivity contribution in [1.29, 1.82) is 0 Å². The molecule has 3 heterocycles. The van der Waals surface area contributed by atoms with E-state index in [9.17, 15) is 8.42 Å². The van der Waals surface area contributed by atoms with Crippen LogP contribution in [0.25, 0.3) is 22.4 Å². The van der Waals surface area contributed by atoms with Crippen molar-refractivity contribution < 1.29 is 8.42 Å². The average molecular weight is 371 g/mol. The summed E-state index contributed by atoms with van der Waals surface area (Å²) in [4.78, 5) is 12.1. The van der Waals surface area contributed by atoms with Crippen LogP contribution in [0.1, 0.15) is 12.8 Å². The number of piperidine rings is 1. The summed E-state index contributed by atoms with van der Waals surface area (Å²) < 4.78 is 24.8. The summed E-state index contributed by atoms with van der Waals surface area (Å²) in [6.45, 7) is 1.12. The minimum absolute atomic E-state index is 0.265. The highest BCUT2D eigenvalue weighted by atomic mass is 32.2. The summed E-state index contributed by atoms with van der Waals surface area (Å²) in [6.07, 6.45) is 6.46. The molecular weight excluding hydrogens is 350 g/mol. The minimum atomic E-state index is -3.09. The monoisotopic (exact) mass is 371 g/mol. The van der Waals surface area contributed by atoms with Gasteiger partial charge >= 0.3 is 0 Å². The normalized spacial score (nSPS) is 16.8. The largest absolute Gasteiger partial charge is 0.382 e. The maximum absolute atomic E-state index is 11.6. The third kappa shape index (κ3) is 3.56. The van der Waals surface area contributed by atoms with Crippen LogP contribution in [0.5, 0.6) is 0 Å². The van der Waals surface area contributed by atoms with Crippen LogP contribution >= 0.6 is 0 Å². The van der Waals surface area contributed by atoms with Gasteiger partial charge in [0.15, 0.2) is 5.65 Å². The van der Waals surface area contributed by atoms with E-state index in [2.05, 4.69) is 26.3 Å². The Morgan fingerprint density at radius 3 is 2.81 bits per heavy atom. The van der Waals surface area contributed by atoms with Crippen molar-refractivity contribution in [3.05, 3.63) is 42.7 Å². The number of benzene rings is 1. The number of fused-ring (bicyclic) bond motifs is 1. The fourth-order valence-electron chi connectivity index (χ4n) is 3.31. The number of sulfonamides is 1. The summed E-state index contributed by atoms with van der Waals surface area (Å²) >= 11 is 0. The number of nitrogens with one attached hydrogen (secondary N) is 2. The van der Waals surface area contributed by atoms with Gasteiger partial charge in [0.1, 0.15) is 5.52 Å². The Hall–Kier alpha value is -2.45. The maximum atomic E-state index is 11.6. The van der Waals surface area contributed by atoms with Crippen molar-refractivity contribution in [2.24, 2.45) is 0 Å². The van der Waals surface area contributed by atoms with Crippen molar-refractivity contribution in [2.45, 2.75) is 18.9 Å². The lowest BCUT2D eigenvalue weighted by Crippen LogP contribution is -2.41. The van der Waals surface area contributed by atoms with Crippen molar-refractivity contribution in [3.63, 3.8) is 0 Å². The van der Waals surface area contributed by atoms with Crippen molar-refractivity contribution in [2.75, 3.05) is 24.7 Å². The second-order valence-corrected chi connectivity index (χ2v) is 8.61. The van der Waals surface area contributed by atoms with Gasteiger partial charge in [-0.1, -0.05) is 12.1 Å². The number of hydrogen-bond acceptors (Lipinski definition) is 5. The maximum Gasteiger partial charge on any atom is 0.211 e. The smallest absolute Gasteiger partial charge is 0.211 e. The Balaban J connectivity index is 1.48. The summed E-state index contributed by atoms with van der Waals surface area (Å²) in [7, 11) is -3.09. The van der Waals surface area contributed by atoms with Crippen molar-refractivity contribution in [3.8, 4) is 11.3 Å². The number of H-pyrrole nitrogens is 1. The number of nitrogens with zero attached hydrogens (tertiary/aromatic N) is 3. The Morgan fingerprint density at radius 1 is 1.23 bits per heavy atom. The van der Waals surface area contributed by atoms with Crippen molar-refractivity contribution in [1.82, 2.24) is 19.3 Å². The van der Waals surface area contributed by atoms with E-state index < -0.39 is 10.0 Å². The molecule has 1 aromatic carbocycles. The highest BCUT2D eigenvalue weighted by molar-refractivity contribution is 7.88. The molecule has 1 saturated heterocycles. The van der Waals surface area contributed by atoms with E-state index in [1.54, 1.807) is 10.5 Å². The van der Waals surface area contributed by atoms with Crippen LogP contribution in [0.15, 0.2) is 42.7 Å². The van der Waals surface area contributed by atoms with Gasteiger partial charge in [-0.2, -0.15) is 0 Å². The first kappa shape index (κ1) is 17.0. The summed E-state index contributed by atoms with van der Waals surface area (Å²) in [5, 5.41) is 3.52. The number of aromatic amines is 1. The van der Waals surface area contributed by atoms with E-state index in [1.807, 2.05) is 30.5 Å². The average Bonchev–Trinajstić information content (AvgIpc) is 3.09. The predicted octanol–water partition coefficient (Wildman–Crippen LogP) is 2.46. The van der Waals surface area contributed by atoms with Crippen LogP contribution in [-0.4, -0.2) is 53.1 Å². The van der Waals surface area contributed by atoms with Crippen LogP contribution in [0.3, 0.4) is 0 Å². The molecule has 4 rings (SSSR count). The van der Waals surface area contributed by atoms with Gasteiger partial charge in [0.25, 0.3) is 0 Å². The summed E-state index contributed by atoms with van der Waals surface area (Å²) in [5.41, 5.74) is 4.46. The van der Waals surface area contributed by atoms with Crippen LogP contribution in [0.4, 0.5) is 5.69 Å². The number of rotatable bonds is 4. The van der Waals surface area contributed by atoms with Gasteiger partial charge in [-0.3, -0.25) is 0 Å². The van der Waals surface area contributed by atoms with Gasteiger partial charge in [-0.05, 0) is 31.0 Å². The minimum Gasteiger partial charge on any atom is -0.382 e. The SMILES string of the molecule is CS(=O)(=O)N1CCC(Nc2cccc(-c3cnc4[nH]ccc4n3)c2)CC1. The number of anilines is 1. The zero-order chi connectivity index (χ0) is 18.1. The fourth-order valence-corrected chi connectivity index (χ4v) is 4.18. The molecule has 3 aromatic rings. The summed E-state index contributed by atoms with van der Waals surface area (Å²) in [6, 6.07) is 10.3. The lowest BCUT2D eigenvalue weighted by Gasteiger charge is -2.31. The molecule has 1 aliphatic rings. The van der Waals surface area contributed by atoms with Gasteiger partial charge < -0.3 is 10.3 Å². The molecule has 8 heteroatoms. The molecule has 0 bridgehead atoms. The van der Waals surface area contributed by atoms with Gasteiger partial charge in [-0.15, -0.1) is 0 Å². The molecular formula is C18H21N5O2S. The van der Waals surface area contributed by atoms with Gasteiger partial charge in [0.2, 0.25) is 10.0 Å². The van der Waals surface area contributed by atoms with Gasteiger partial charge in [0, 0.05) is 36.6 Å². The number of aromatic nitrogens is 3. The standard InChI is InChI=1S/C18H21N5O2S/c1-26(24,25)23-9-6-14(7-10-23)21-15-4-2-3-13(11-15)17-12-20-18-16(22-17)5-8-19-18/h2-5,8,11-12,14,21H,6-7,9-10H2,1H3,(H,19,20). The van der Waals surface area contributed by atoms with Crippen LogP contribution in [0.2, 0.25) is 0 Å². The van der Waals surface area contributed by atoms with E-state index >= 15 is 0 Å². The Labute approximate surface area is 152 Å². The highest BCUT2D eigenvalue weighted by Gasteiger charge is 2.24. The molecule has 7 nitrogen and oxygen atoms in total. The number of hydrogen-bond donors (Lipinski definition) is 2. The zero-order valence-corrected chi connectivity index (χ0v) is 15.3. The van der Waals surface area contributed by atoms with Gasteiger partial charge in [-0.25, -0.2) is 22.7 Å². The molecule has 26 heavy (non-hydrogen) atoms. The van der Waals surface area contributed by atoms with Crippen LogP contribution in [0, 0.1) is 0 Å². The second kappa shape index (κ2) is 6.69. The lowest BCUT2D eigenvalue weighted by atomic mass is 10.1. The third-order valence-corrected chi connectivity index (χ3v) is 6.02. The molecule has 2 aromatic heterocycles. The molecule has 0 saturated carbocycles. The van der Waals surface area contributed by atoms with E-state index in [0.717, 1.165) is 41.0 Å². The molecule has 0 spiro atoms. The van der Waals surface area contributed by atoms with E-state index in [-0.39, 0.29) is 6.04 Å². The molecule has 0 unspecified atom stereocenters. The molecule has 0 aliphatic carbocycles. The molecule has 2 N–H and O–H groups in total. The first-order valence-electron chi connectivity index (χ1n) is 8.61. The topological polar surface area (TPSA) is 91.0 Å². The lowest BCUT2D eigenvalue weighted by molar-refractivity contribution is 0.332. The summed E-state index contributed by atoms with van der Waals surface area (Å²) in [5.74, 6) is 0. The Morgan fingerprint density at radius 2 is 2.04 bits per heavy atom. The molecule has 0 amide bonds. The van der Waals surface area contributed by atoms with E-state index in [4.69, 9.17) is 0 Å². The van der Waals surface area contributed by atoms with Crippen LogP contribution < -0.4 is 5.32 Å². The van der Waals surface area contributed by atoms with E-state index in [1.165, 1.54) is 6.26 Å². The fraction of sp³-hybridized carbons (Fsp3) is 0.333. The molecule has 1 fully saturated rings. The first-order valence-corrected chi connectivity index (χ1v) is 10.5. The second-order valence-electron chi connectivity index (χ2n) is 6.63. The first-order chi connectivity index (χ1) is 12.5. The predicted molar refractivity (Wildman–Crippen MR) is 102 cm³/mol. The van der Waals surface area contributed by atoms with Crippen LogP contribution in [-0.2, 0) is 10.0 Å². The Bertz CT molecular complexity index is 1020. The van der Waals surface area contributed by atoms with E-state index in [0.29, 0.717) is 13.1 Å². The zero-order valence-electron chi connectivity index (χ0n) is 14.5. The Kier molecular flexibility index (Phi) is 4.37. The molecule has 0 radical (unpaired) electrons. The third-order valence-electron chi connectivity index (χ3n) is 4.71. The molecule has 0 atom stereocenters. The molecule has 136 valence electrons.